The van der Waals surface area contributed by atoms with E-state index in [0.29, 0.717) is 12.2 Å². The Balaban J connectivity index is 1.71. The third-order valence-corrected chi connectivity index (χ3v) is 3.80. The highest BCUT2D eigenvalue weighted by Crippen LogP contribution is 2.21. The van der Waals surface area contributed by atoms with Crippen molar-refractivity contribution >= 4 is 11.7 Å². The molecule has 2 saturated heterocycles. The van der Waals surface area contributed by atoms with Crippen LogP contribution in [0.3, 0.4) is 0 Å². The average molecular weight is 262 g/mol. The van der Waals surface area contributed by atoms with Gasteiger partial charge in [0.1, 0.15) is 0 Å². The summed E-state index contributed by atoms with van der Waals surface area (Å²) in [6.45, 7) is 4.81. The molecular weight excluding hydrogens is 244 g/mol. The number of nitrogens with zero attached hydrogens (tertiary/aromatic N) is 3. The first-order valence-corrected chi connectivity index (χ1v) is 6.58. The molecule has 0 aromatic carbocycles. The van der Waals surface area contributed by atoms with Gasteiger partial charge in [-0.05, 0) is 19.1 Å². The minimum absolute atomic E-state index is 0.0484. The molecule has 102 valence electrons. The summed E-state index contributed by atoms with van der Waals surface area (Å²) in [7, 11) is 0. The summed E-state index contributed by atoms with van der Waals surface area (Å²) in [6, 6.07) is 4.13. The molecule has 2 aliphatic rings. The van der Waals surface area contributed by atoms with Crippen molar-refractivity contribution in [3.8, 4) is 0 Å². The molecule has 2 aliphatic heterocycles. The lowest BCUT2D eigenvalue weighted by Crippen LogP contribution is -2.52. The molecule has 2 atom stereocenters. The van der Waals surface area contributed by atoms with Crippen molar-refractivity contribution in [1.82, 2.24) is 15.2 Å². The second-order valence-corrected chi connectivity index (χ2v) is 5.10. The second kappa shape index (κ2) is 4.70. The van der Waals surface area contributed by atoms with E-state index in [1.807, 2.05) is 17.0 Å². The van der Waals surface area contributed by atoms with E-state index in [1.54, 1.807) is 13.1 Å². The predicted molar refractivity (Wildman–Crippen MR) is 71.0 cm³/mol. The number of hydrogen-bond donors (Lipinski definition) is 2. The molecule has 19 heavy (non-hydrogen) atoms. The van der Waals surface area contributed by atoms with Gasteiger partial charge in [0.05, 0.1) is 29.7 Å². The van der Waals surface area contributed by atoms with Crippen molar-refractivity contribution in [2.75, 3.05) is 31.1 Å². The van der Waals surface area contributed by atoms with Crippen molar-refractivity contribution in [2.24, 2.45) is 0 Å². The molecule has 3 rings (SSSR count). The van der Waals surface area contributed by atoms with Crippen LogP contribution in [0.4, 0.5) is 10.5 Å². The lowest BCUT2D eigenvalue weighted by atomic mass is 10.1. The lowest BCUT2D eigenvalue weighted by Gasteiger charge is -2.37. The molecule has 0 radical (unpaired) electrons. The zero-order valence-corrected chi connectivity index (χ0v) is 10.9. The van der Waals surface area contributed by atoms with E-state index in [-0.39, 0.29) is 12.1 Å². The summed E-state index contributed by atoms with van der Waals surface area (Å²) in [5.41, 5.74) is 1.73. The molecule has 0 aliphatic carbocycles. The van der Waals surface area contributed by atoms with E-state index in [9.17, 15) is 9.90 Å². The predicted octanol–water partition coefficient (Wildman–Crippen LogP) is 0.349. The van der Waals surface area contributed by atoms with Gasteiger partial charge < -0.3 is 20.2 Å². The van der Waals surface area contributed by atoms with Gasteiger partial charge in [0, 0.05) is 26.2 Å². The highest BCUT2D eigenvalue weighted by molar-refractivity contribution is 5.77. The molecular formula is C13H18N4O2. The monoisotopic (exact) mass is 262 g/mol. The summed E-state index contributed by atoms with van der Waals surface area (Å²) in [5.74, 6) is 0. The number of hydrogen-bond acceptors (Lipinski definition) is 4. The number of nitrogens with one attached hydrogen (secondary N) is 1. The number of fused-ring (bicyclic) bond motifs is 1. The van der Waals surface area contributed by atoms with Crippen LogP contribution in [0.1, 0.15) is 18.7 Å². The largest absolute Gasteiger partial charge is 0.387 e. The molecule has 2 N–H and O–H groups in total. The highest BCUT2D eigenvalue weighted by Gasteiger charge is 2.35. The van der Waals surface area contributed by atoms with Crippen LogP contribution in [0.15, 0.2) is 18.3 Å². The summed E-state index contributed by atoms with van der Waals surface area (Å²) >= 11 is 0. The van der Waals surface area contributed by atoms with E-state index < -0.39 is 6.10 Å². The fraction of sp³-hybridized carbons (Fsp3) is 0.538. The molecule has 1 aromatic rings. The van der Waals surface area contributed by atoms with Crippen LogP contribution in [-0.4, -0.2) is 53.2 Å². The maximum absolute atomic E-state index is 11.5. The van der Waals surface area contributed by atoms with Crippen LogP contribution in [-0.2, 0) is 0 Å². The van der Waals surface area contributed by atoms with Gasteiger partial charge >= 0.3 is 6.03 Å². The molecule has 2 fully saturated rings. The average Bonchev–Trinajstić information content (AvgIpc) is 2.80. The van der Waals surface area contributed by atoms with E-state index >= 15 is 0 Å². The van der Waals surface area contributed by atoms with Gasteiger partial charge in [-0.1, -0.05) is 0 Å². The topological polar surface area (TPSA) is 68.7 Å². The molecule has 0 spiro atoms. The van der Waals surface area contributed by atoms with Crippen LogP contribution in [0.2, 0.25) is 0 Å². The molecule has 1 unspecified atom stereocenters. The number of rotatable bonds is 2. The van der Waals surface area contributed by atoms with E-state index in [4.69, 9.17) is 0 Å². The SMILES string of the molecule is C[C@H](O)c1ccc(N2CCN3C(=O)NCC3C2)cn1. The van der Waals surface area contributed by atoms with Gasteiger partial charge in [0.15, 0.2) is 0 Å². The Morgan fingerprint density at radius 2 is 2.32 bits per heavy atom. The lowest BCUT2D eigenvalue weighted by molar-refractivity contribution is 0.194. The first-order valence-electron chi connectivity index (χ1n) is 6.58. The van der Waals surface area contributed by atoms with Gasteiger partial charge in [-0.3, -0.25) is 4.98 Å². The zero-order valence-electron chi connectivity index (χ0n) is 10.9. The molecule has 6 nitrogen and oxygen atoms in total. The van der Waals surface area contributed by atoms with Crippen molar-refractivity contribution < 1.29 is 9.90 Å². The normalized spacial score (nSPS) is 24.1. The number of amides is 2. The van der Waals surface area contributed by atoms with Gasteiger partial charge in [0.25, 0.3) is 0 Å². The highest BCUT2D eigenvalue weighted by atomic mass is 16.3. The van der Waals surface area contributed by atoms with Gasteiger partial charge in [-0.25, -0.2) is 4.79 Å². The van der Waals surface area contributed by atoms with Gasteiger partial charge in [0.2, 0.25) is 0 Å². The van der Waals surface area contributed by atoms with Crippen LogP contribution >= 0.6 is 0 Å². The Morgan fingerprint density at radius 3 is 3.00 bits per heavy atom. The Bertz CT molecular complexity index is 474. The number of aromatic nitrogens is 1. The molecule has 6 heteroatoms. The number of urea groups is 1. The van der Waals surface area contributed by atoms with Crippen molar-refractivity contribution in [3.63, 3.8) is 0 Å². The molecule has 0 bridgehead atoms. The molecule has 1 aromatic heterocycles. The molecule has 2 amide bonds. The quantitative estimate of drug-likeness (QED) is 0.807. The minimum atomic E-state index is -0.539. The third-order valence-electron chi connectivity index (χ3n) is 3.80. The Hall–Kier alpha value is -1.82. The number of carbonyl (C=O) groups is 1. The van der Waals surface area contributed by atoms with Gasteiger partial charge in [-0.15, -0.1) is 0 Å². The Morgan fingerprint density at radius 1 is 1.47 bits per heavy atom. The second-order valence-electron chi connectivity index (χ2n) is 5.10. The number of aliphatic hydroxyl groups excluding tert-OH is 1. The number of anilines is 1. The van der Waals surface area contributed by atoms with Crippen molar-refractivity contribution in [2.45, 2.75) is 19.1 Å². The van der Waals surface area contributed by atoms with E-state index in [1.165, 1.54) is 0 Å². The minimum Gasteiger partial charge on any atom is -0.387 e. The smallest absolute Gasteiger partial charge is 0.317 e. The zero-order chi connectivity index (χ0) is 13.4. The first kappa shape index (κ1) is 12.2. The summed E-state index contributed by atoms with van der Waals surface area (Å²) in [4.78, 5) is 19.9. The van der Waals surface area contributed by atoms with Crippen LogP contribution in [0, 0.1) is 0 Å². The maximum atomic E-state index is 11.5. The Labute approximate surface area is 112 Å². The number of pyridine rings is 1. The van der Waals surface area contributed by atoms with Crippen LogP contribution < -0.4 is 10.2 Å². The van der Waals surface area contributed by atoms with Crippen LogP contribution in [0.25, 0.3) is 0 Å². The van der Waals surface area contributed by atoms with Gasteiger partial charge in [-0.2, -0.15) is 0 Å². The number of carbonyl (C=O) groups excluding carboxylic acids is 1. The summed E-state index contributed by atoms with van der Waals surface area (Å²) < 4.78 is 0. The first-order chi connectivity index (χ1) is 9.15. The number of aliphatic hydroxyl groups is 1. The van der Waals surface area contributed by atoms with Crippen molar-refractivity contribution in [3.05, 3.63) is 24.0 Å². The summed E-state index contributed by atoms with van der Waals surface area (Å²) in [6.07, 6.45) is 1.25. The maximum Gasteiger partial charge on any atom is 0.317 e. The summed E-state index contributed by atoms with van der Waals surface area (Å²) in [5, 5.41) is 12.3. The van der Waals surface area contributed by atoms with E-state index in [0.717, 1.165) is 25.3 Å². The third kappa shape index (κ3) is 2.23. The fourth-order valence-corrected chi connectivity index (χ4v) is 2.67. The number of piperazine rings is 1. The standard InChI is InChI=1S/C13H18N4O2/c1-9(18)12-3-2-10(6-14-12)16-4-5-17-11(8-16)7-15-13(17)19/h2-3,6,9,11,18H,4-5,7-8H2,1H3,(H,15,19)/t9-,11?/m0/s1. The Kier molecular flexibility index (Phi) is 3.02. The van der Waals surface area contributed by atoms with Crippen molar-refractivity contribution in [1.29, 1.82) is 0 Å². The molecule has 3 heterocycles. The molecule has 0 saturated carbocycles. The fourth-order valence-electron chi connectivity index (χ4n) is 2.67. The van der Waals surface area contributed by atoms with Crippen LogP contribution in [0.5, 0.6) is 0 Å². The van der Waals surface area contributed by atoms with E-state index in [2.05, 4.69) is 15.2 Å².